The van der Waals surface area contributed by atoms with Gasteiger partial charge < -0.3 is 9.73 Å². The van der Waals surface area contributed by atoms with Crippen LogP contribution in [0.3, 0.4) is 0 Å². The molecule has 0 aliphatic carbocycles. The molecule has 26 heavy (non-hydrogen) atoms. The van der Waals surface area contributed by atoms with Crippen molar-refractivity contribution in [2.24, 2.45) is 0 Å². The summed E-state index contributed by atoms with van der Waals surface area (Å²) in [5.41, 5.74) is 0.499. The molecule has 0 aliphatic heterocycles. The van der Waals surface area contributed by atoms with E-state index in [2.05, 4.69) is 10.3 Å². The summed E-state index contributed by atoms with van der Waals surface area (Å²) in [5.74, 6) is -0.168. The minimum atomic E-state index is -3.84. The van der Waals surface area contributed by atoms with Crippen molar-refractivity contribution >= 4 is 15.7 Å². The van der Waals surface area contributed by atoms with Crippen LogP contribution in [-0.4, -0.2) is 19.9 Å². The molecular weight excluding hydrogens is 355 g/mol. The number of rotatable bonds is 7. The number of oxazole rings is 1. The Balaban J connectivity index is 2.06. The average molecular weight is 374 g/mol. The lowest BCUT2D eigenvalue weighted by molar-refractivity contribution is 0.575. The van der Waals surface area contributed by atoms with E-state index in [0.717, 1.165) is 12.8 Å². The van der Waals surface area contributed by atoms with Gasteiger partial charge in [0.2, 0.25) is 26.6 Å². The number of hydrogen-bond donors (Lipinski definition) is 1. The maximum Gasteiger partial charge on any atom is 0.233 e. The van der Waals surface area contributed by atoms with Gasteiger partial charge >= 0.3 is 0 Å². The summed E-state index contributed by atoms with van der Waals surface area (Å²) in [7, 11) is -3.84. The zero-order chi connectivity index (χ0) is 18.6. The number of sulfone groups is 1. The number of nitrogens with zero attached hydrogens (tertiary/aromatic N) is 1. The van der Waals surface area contributed by atoms with Crippen LogP contribution < -0.4 is 5.32 Å². The highest BCUT2D eigenvalue weighted by atomic mass is 32.2. The molecule has 1 heterocycles. The summed E-state index contributed by atoms with van der Waals surface area (Å²) in [5, 5.41) is 2.84. The van der Waals surface area contributed by atoms with Gasteiger partial charge in [-0.15, -0.1) is 0 Å². The molecule has 1 N–H and O–H groups in total. The van der Waals surface area contributed by atoms with Crippen molar-refractivity contribution in [3.05, 3.63) is 60.4 Å². The fourth-order valence-electron chi connectivity index (χ4n) is 2.41. The Labute approximate surface area is 151 Å². The zero-order valence-electron chi connectivity index (χ0n) is 14.3. The first kappa shape index (κ1) is 18.1. The number of aromatic nitrogens is 1. The lowest BCUT2D eigenvalue weighted by atomic mass is 10.2. The van der Waals surface area contributed by atoms with E-state index in [9.17, 15) is 12.8 Å². The van der Waals surface area contributed by atoms with E-state index in [0.29, 0.717) is 12.1 Å². The third kappa shape index (κ3) is 3.77. The minimum Gasteiger partial charge on any atom is -0.419 e. The summed E-state index contributed by atoms with van der Waals surface area (Å²) < 4.78 is 44.7. The van der Waals surface area contributed by atoms with E-state index in [1.807, 2.05) is 6.92 Å². The summed E-state index contributed by atoms with van der Waals surface area (Å²) >= 11 is 0. The normalized spacial score (nSPS) is 11.5. The van der Waals surface area contributed by atoms with E-state index in [4.69, 9.17) is 4.42 Å². The van der Waals surface area contributed by atoms with Gasteiger partial charge in [-0.3, -0.25) is 0 Å². The summed E-state index contributed by atoms with van der Waals surface area (Å²) in [4.78, 5) is 4.33. The molecule has 1 aromatic heterocycles. The highest BCUT2D eigenvalue weighted by Gasteiger charge is 2.28. The van der Waals surface area contributed by atoms with E-state index in [1.165, 1.54) is 36.4 Å². The van der Waals surface area contributed by atoms with Crippen LogP contribution >= 0.6 is 0 Å². The number of halogens is 1. The molecule has 0 bridgehead atoms. The summed E-state index contributed by atoms with van der Waals surface area (Å²) in [6, 6.07) is 13.6. The Morgan fingerprint density at radius 1 is 1.08 bits per heavy atom. The number of anilines is 1. The second kappa shape index (κ2) is 7.70. The van der Waals surface area contributed by atoms with Gasteiger partial charge in [0.25, 0.3) is 0 Å². The Hall–Kier alpha value is -2.67. The molecular formula is C19H19FN2O3S. The smallest absolute Gasteiger partial charge is 0.233 e. The lowest BCUT2D eigenvalue weighted by Crippen LogP contribution is -2.08. The SMILES string of the molecule is CCCCNc1oc(-c2ccc(F)cc2)nc1S(=O)(=O)c1ccccc1. The van der Waals surface area contributed by atoms with Crippen molar-refractivity contribution < 1.29 is 17.2 Å². The van der Waals surface area contributed by atoms with Gasteiger partial charge in [0, 0.05) is 12.1 Å². The molecule has 0 atom stereocenters. The van der Waals surface area contributed by atoms with Gasteiger partial charge in [0.05, 0.1) is 4.90 Å². The van der Waals surface area contributed by atoms with Crippen LogP contribution in [0.4, 0.5) is 10.3 Å². The fraction of sp³-hybridized carbons (Fsp3) is 0.211. The monoisotopic (exact) mass is 374 g/mol. The Kier molecular flexibility index (Phi) is 5.37. The molecule has 0 aliphatic rings. The molecule has 0 saturated carbocycles. The number of benzene rings is 2. The molecule has 136 valence electrons. The van der Waals surface area contributed by atoms with Crippen LogP contribution in [-0.2, 0) is 9.84 Å². The molecule has 0 radical (unpaired) electrons. The van der Waals surface area contributed by atoms with Crippen molar-refractivity contribution in [3.63, 3.8) is 0 Å². The molecule has 7 heteroatoms. The van der Waals surface area contributed by atoms with Crippen LogP contribution in [0.1, 0.15) is 19.8 Å². The number of hydrogen-bond acceptors (Lipinski definition) is 5. The van der Waals surface area contributed by atoms with Crippen molar-refractivity contribution in [1.82, 2.24) is 4.98 Å². The molecule has 3 aromatic rings. The van der Waals surface area contributed by atoms with Crippen molar-refractivity contribution in [2.45, 2.75) is 29.7 Å². The van der Waals surface area contributed by atoms with Crippen LogP contribution in [0.25, 0.3) is 11.5 Å². The zero-order valence-corrected chi connectivity index (χ0v) is 15.1. The van der Waals surface area contributed by atoms with Gasteiger partial charge in [-0.25, -0.2) is 12.8 Å². The summed E-state index contributed by atoms with van der Waals surface area (Å²) in [6.45, 7) is 2.60. The van der Waals surface area contributed by atoms with E-state index in [-0.39, 0.29) is 21.7 Å². The fourth-order valence-corrected chi connectivity index (χ4v) is 3.71. The summed E-state index contributed by atoms with van der Waals surface area (Å²) in [6.07, 6.45) is 1.81. The number of nitrogens with one attached hydrogen (secondary N) is 1. The van der Waals surface area contributed by atoms with Crippen LogP contribution in [0.5, 0.6) is 0 Å². The van der Waals surface area contributed by atoms with Gasteiger partial charge in [-0.1, -0.05) is 31.5 Å². The molecule has 0 amide bonds. The standard InChI is InChI=1S/C19H19FN2O3S/c1-2-3-13-21-18-19(26(23,24)16-7-5-4-6-8-16)22-17(25-18)14-9-11-15(20)12-10-14/h4-12,21H,2-3,13H2,1H3. The quantitative estimate of drug-likeness (QED) is 0.615. The second-order valence-electron chi connectivity index (χ2n) is 5.76. The van der Waals surface area contributed by atoms with Crippen LogP contribution in [0.2, 0.25) is 0 Å². The lowest BCUT2D eigenvalue weighted by Gasteiger charge is -2.05. The Bertz CT molecular complexity index is 968. The van der Waals surface area contributed by atoms with Crippen molar-refractivity contribution in [2.75, 3.05) is 11.9 Å². The van der Waals surface area contributed by atoms with Crippen molar-refractivity contribution in [3.8, 4) is 11.5 Å². The highest BCUT2D eigenvalue weighted by Crippen LogP contribution is 2.32. The van der Waals surface area contributed by atoms with Crippen LogP contribution in [0, 0.1) is 5.82 Å². The van der Waals surface area contributed by atoms with Crippen LogP contribution in [0.15, 0.2) is 68.9 Å². The maximum absolute atomic E-state index is 13.1. The van der Waals surface area contributed by atoms with Gasteiger partial charge in [-0.2, -0.15) is 4.98 Å². The maximum atomic E-state index is 13.1. The third-order valence-electron chi connectivity index (χ3n) is 3.81. The molecule has 0 fully saturated rings. The first-order valence-corrected chi connectivity index (χ1v) is 9.81. The molecule has 2 aromatic carbocycles. The van der Waals surface area contributed by atoms with Crippen molar-refractivity contribution in [1.29, 1.82) is 0 Å². The molecule has 3 rings (SSSR count). The minimum absolute atomic E-state index is 0.0987. The second-order valence-corrected chi connectivity index (χ2v) is 7.62. The number of unbranched alkanes of at least 4 members (excludes halogenated alkanes) is 1. The Morgan fingerprint density at radius 2 is 1.77 bits per heavy atom. The predicted molar refractivity (Wildman–Crippen MR) is 97.2 cm³/mol. The first-order chi connectivity index (χ1) is 12.5. The van der Waals surface area contributed by atoms with E-state index < -0.39 is 15.7 Å². The Morgan fingerprint density at radius 3 is 2.42 bits per heavy atom. The molecule has 5 nitrogen and oxygen atoms in total. The molecule has 0 saturated heterocycles. The molecule has 0 spiro atoms. The average Bonchev–Trinajstić information content (AvgIpc) is 3.08. The van der Waals surface area contributed by atoms with E-state index in [1.54, 1.807) is 18.2 Å². The van der Waals surface area contributed by atoms with E-state index >= 15 is 0 Å². The molecule has 0 unspecified atom stereocenters. The largest absolute Gasteiger partial charge is 0.419 e. The highest BCUT2D eigenvalue weighted by molar-refractivity contribution is 7.91. The van der Waals surface area contributed by atoms with Gasteiger partial charge in [0.1, 0.15) is 5.82 Å². The van der Waals surface area contributed by atoms with Gasteiger partial charge in [0.15, 0.2) is 0 Å². The third-order valence-corrected chi connectivity index (χ3v) is 5.49. The van der Waals surface area contributed by atoms with Gasteiger partial charge in [-0.05, 0) is 42.8 Å². The predicted octanol–water partition coefficient (Wildman–Crippen LogP) is 4.53. The topological polar surface area (TPSA) is 72.2 Å². The first-order valence-electron chi connectivity index (χ1n) is 8.33.